The van der Waals surface area contributed by atoms with Crippen molar-refractivity contribution in [2.75, 3.05) is 20.8 Å². The second-order valence-electron chi connectivity index (χ2n) is 9.72. The number of carbonyl (C=O) groups excluding carboxylic acids is 2. The predicted molar refractivity (Wildman–Crippen MR) is 140 cm³/mol. The quantitative estimate of drug-likeness (QED) is 0.446. The maximum Gasteiger partial charge on any atom is 0.410 e. The second-order valence-corrected chi connectivity index (χ2v) is 10.6. The smallest absolute Gasteiger partial charge is 0.410 e. The van der Waals surface area contributed by atoms with Crippen LogP contribution in [0.3, 0.4) is 0 Å². The molecule has 0 saturated carbocycles. The van der Waals surface area contributed by atoms with Crippen LogP contribution in [0.15, 0.2) is 41.0 Å². The molecule has 0 radical (unpaired) electrons. The van der Waals surface area contributed by atoms with Gasteiger partial charge in [-0.1, -0.05) is 22.0 Å². The molecule has 2 heterocycles. The van der Waals surface area contributed by atoms with E-state index in [-0.39, 0.29) is 18.5 Å². The van der Waals surface area contributed by atoms with E-state index in [0.717, 1.165) is 21.1 Å². The third kappa shape index (κ3) is 5.59. The van der Waals surface area contributed by atoms with E-state index in [1.807, 2.05) is 55.8 Å². The molecule has 1 N–H and O–H groups in total. The number of aromatic nitrogens is 2. The van der Waals surface area contributed by atoms with Gasteiger partial charge >= 0.3 is 6.09 Å². The average molecular weight is 559 g/mol. The zero-order chi connectivity index (χ0) is 26.0. The molecule has 2 amide bonds. The zero-order valence-corrected chi connectivity index (χ0v) is 22.7. The van der Waals surface area contributed by atoms with Crippen LogP contribution >= 0.6 is 15.9 Å². The molecule has 10 heteroatoms. The van der Waals surface area contributed by atoms with Crippen LogP contribution < -0.4 is 14.8 Å². The van der Waals surface area contributed by atoms with Crippen molar-refractivity contribution in [3.8, 4) is 17.2 Å². The highest BCUT2D eigenvalue weighted by molar-refractivity contribution is 9.10. The predicted octanol–water partition coefficient (Wildman–Crippen LogP) is 4.82. The molecule has 192 valence electrons. The fraction of sp³-hybridized carbons (Fsp3) is 0.423. The van der Waals surface area contributed by atoms with Gasteiger partial charge in [-0.3, -0.25) is 4.79 Å². The summed E-state index contributed by atoms with van der Waals surface area (Å²) in [5, 5.41) is 8.47. The average Bonchev–Trinajstić information content (AvgIpc) is 3.44. The molecule has 1 aromatic heterocycles. The lowest BCUT2D eigenvalue weighted by Gasteiger charge is -2.30. The summed E-state index contributed by atoms with van der Waals surface area (Å²) in [7, 11) is 3.16. The minimum absolute atomic E-state index is 0.0123. The SMILES string of the molecule is COc1cc(-n2ncc3c(Br)cccc32)cc(OC)c1CN(C[C@@H]1CCC(=O)N1)C(=O)OC(C)(C)C. The summed E-state index contributed by atoms with van der Waals surface area (Å²) in [5.41, 5.74) is 1.71. The molecule has 0 spiro atoms. The van der Waals surface area contributed by atoms with E-state index in [0.29, 0.717) is 36.4 Å². The summed E-state index contributed by atoms with van der Waals surface area (Å²) in [6.45, 7) is 5.96. The van der Waals surface area contributed by atoms with Crippen molar-refractivity contribution in [3.63, 3.8) is 0 Å². The summed E-state index contributed by atoms with van der Waals surface area (Å²) < 4.78 is 19.9. The molecule has 1 aliphatic rings. The standard InChI is InChI=1S/C26H31BrN4O5/c1-26(2,3)36-25(33)30(14-16-9-10-24(32)29-16)15-19-22(34-4)11-17(12-23(19)35-5)31-21-8-6-7-20(27)18(21)13-28-31/h6-8,11-13,16H,9-10,14-15H2,1-5H3,(H,29,32)/t16-/m0/s1. The van der Waals surface area contributed by atoms with Crippen molar-refractivity contribution in [1.82, 2.24) is 20.0 Å². The van der Waals surface area contributed by atoms with Gasteiger partial charge in [0.1, 0.15) is 17.1 Å². The third-order valence-electron chi connectivity index (χ3n) is 5.92. The van der Waals surface area contributed by atoms with Crippen LogP contribution in [-0.4, -0.2) is 59.1 Å². The second kappa shape index (κ2) is 10.4. The number of nitrogens with one attached hydrogen (secondary N) is 1. The van der Waals surface area contributed by atoms with Gasteiger partial charge in [-0.15, -0.1) is 0 Å². The number of hydrogen-bond acceptors (Lipinski definition) is 6. The van der Waals surface area contributed by atoms with Gasteiger partial charge in [0.15, 0.2) is 0 Å². The molecule has 1 atom stereocenters. The number of carbonyl (C=O) groups is 2. The molecule has 1 saturated heterocycles. The lowest BCUT2D eigenvalue weighted by Crippen LogP contribution is -2.43. The molecule has 0 bridgehead atoms. The Balaban J connectivity index is 1.71. The maximum atomic E-state index is 13.2. The van der Waals surface area contributed by atoms with Crippen LogP contribution in [0, 0.1) is 0 Å². The number of rotatable bonds is 7. The lowest BCUT2D eigenvalue weighted by molar-refractivity contribution is -0.119. The molecule has 0 unspecified atom stereocenters. The fourth-order valence-corrected chi connectivity index (χ4v) is 4.73. The summed E-state index contributed by atoms with van der Waals surface area (Å²) >= 11 is 3.57. The van der Waals surface area contributed by atoms with Gasteiger partial charge < -0.3 is 24.4 Å². The van der Waals surface area contributed by atoms with E-state index in [1.165, 1.54) is 0 Å². The van der Waals surface area contributed by atoms with Crippen molar-refractivity contribution >= 4 is 38.8 Å². The van der Waals surface area contributed by atoms with Crippen LogP contribution in [0.2, 0.25) is 0 Å². The molecular weight excluding hydrogens is 528 g/mol. The zero-order valence-electron chi connectivity index (χ0n) is 21.1. The Bertz CT molecular complexity index is 1260. The molecular formula is C26H31BrN4O5. The first-order chi connectivity index (χ1) is 17.1. The number of ether oxygens (including phenoxy) is 3. The van der Waals surface area contributed by atoms with Gasteiger partial charge in [-0.2, -0.15) is 5.10 Å². The number of amides is 2. The highest BCUT2D eigenvalue weighted by Gasteiger charge is 2.30. The molecule has 1 fully saturated rings. The van der Waals surface area contributed by atoms with E-state index >= 15 is 0 Å². The number of hydrogen-bond donors (Lipinski definition) is 1. The maximum absolute atomic E-state index is 13.2. The summed E-state index contributed by atoms with van der Waals surface area (Å²) in [6.07, 6.45) is 2.43. The number of benzene rings is 2. The first-order valence-corrected chi connectivity index (χ1v) is 12.5. The van der Waals surface area contributed by atoms with Crippen molar-refractivity contribution < 1.29 is 23.8 Å². The highest BCUT2D eigenvalue weighted by atomic mass is 79.9. The van der Waals surface area contributed by atoms with Gasteiger partial charge in [0.2, 0.25) is 5.91 Å². The van der Waals surface area contributed by atoms with E-state index in [1.54, 1.807) is 25.3 Å². The van der Waals surface area contributed by atoms with Crippen LogP contribution in [0.1, 0.15) is 39.2 Å². The highest BCUT2D eigenvalue weighted by Crippen LogP contribution is 2.35. The topological polar surface area (TPSA) is 94.9 Å². The molecule has 9 nitrogen and oxygen atoms in total. The largest absolute Gasteiger partial charge is 0.496 e. The van der Waals surface area contributed by atoms with E-state index < -0.39 is 11.7 Å². The number of fused-ring (bicyclic) bond motifs is 1. The molecule has 0 aliphatic carbocycles. The summed E-state index contributed by atoms with van der Waals surface area (Å²) in [6, 6.07) is 9.51. The Kier molecular flexibility index (Phi) is 7.44. The molecule has 1 aliphatic heterocycles. The monoisotopic (exact) mass is 558 g/mol. The normalized spacial score (nSPS) is 15.6. The van der Waals surface area contributed by atoms with E-state index in [4.69, 9.17) is 14.2 Å². The fourth-order valence-electron chi connectivity index (χ4n) is 4.27. The van der Waals surface area contributed by atoms with Crippen LogP contribution in [-0.2, 0) is 16.1 Å². The van der Waals surface area contributed by atoms with Crippen LogP contribution in [0.5, 0.6) is 11.5 Å². The minimum Gasteiger partial charge on any atom is -0.496 e. The lowest BCUT2D eigenvalue weighted by atomic mass is 10.1. The van der Waals surface area contributed by atoms with Gasteiger partial charge in [0, 0.05) is 41.0 Å². The Morgan fingerprint density at radius 1 is 1.22 bits per heavy atom. The van der Waals surface area contributed by atoms with Crippen molar-refractivity contribution in [2.24, 2.45) is 0 Å². The Morgan fingerprint density at radius 3 is 2.50 bits per heavy atom. The summed E-state index contributed by atoms with van der Waals surface area (Å²) in [4.78, 5) is 26.5. The Morgan fingerprint density at radius 2 is 1.92 bits per heavy atom. The number of methoxy groups -OCH3 is 2. The Labute approximate surface area is 218 Å². The molecule has 36 heavy (non-hydrogen) atoms. The summed E-state index contributed by atoms with van der Waals surface area (Å²) in [5.74, 6) is 1.08. The molecule has 2 aromatic carbocycles. The van der Waals surface area contributed by atoms with E-state index in [2.05, 4.69) is 26.3 Å². The Hall–Kier alpha value is -3.27. The number of halogens is 1. The first kappa shape index (κ1) is 25.8. The van der Waals surface area contributed by atoms with Gasteiger partial charge in [0.05, 0.1) is 43.7 Å². The van der Waals surface area contributed by atoms with Gasteiger partial charge in [-0.25, -0.2) is 9.48 Å². The molecule has 4 rings (SSSR count). The van der Waals surface area contributed by atoms with Gasteiger partial charge in [0.25, 0.3) is 0 Å². The van der Waals surface area contributed by atoms with Crippen LogP contribution in [0.4, 0.5) is 4.79 Å². The minimum atomic E-state index is -0.665. The van der Waals surface area contributed by atoms with Crippen molar-refractivity contribution in [2.45, 2.75) is 51.8 Å². The molecule has 3 aromatic rings. The van der Waals surface area contributed by atoms with Crippen molar-refractivity contribution in [1.29, 1.82) is 0 Å². The van der Waals surface area contributed by atoms with Crippen molar-refractivity contribution in [3.05, 3.63) is 46.6 Å². The van der Waals surface area contributed by atoms with Gasteiger partial charge in [-0.05, 0) is 39.3 Å². The van der Waals surface area contributed by atoms with Crippen LogP contribution in [0.25, 0.3) is 16.6 Å². The van der Waals surface area contributed by atoms with E-state index in [9.17, 15) is 9.59 Å². The third-order valence-corrected chi connectivity index (χ3v) is 6.62. The number of nitrogens with zero attached hydrogens (tertiary/aromatic N) is 3. The first-order valence-electron chi connectivity index (χ1n) is 11.7.